The number of H-pyrrole nitrogens is 1. The van der Waals surface area contributed by atoms with E-state index in [1.165, 1.54) is 11.8 Å². The number of ether oxygens (including phenoxy) is 1. The molecule has 7 heteroatoms. The van der Waals surface area contributed by atoms with Crippen LogP contribution in [0.4, 0.5) is 5.95 Å². The number of para-hydroxylation sites is 1. The number of anilines is 1. The van der Waals surface area contributed by atoms with Gasteiger partial charge in [0.25, 0.3) is 5.56 Å². The van der Waals surface area contributed by atoms with Crippen LogP contribution < -0.4 is 15.6 Å². The Kier molecular flexibility index (Phi) is 5.98. The van der Waals surface area contributed by atoms with Crippen LogP contribution in [0.2, 0.25) is 0 Å². The second-order valence-corrected chi connectivity index (χ2v) is 6.85. The van der Waals surface area contributed by atoms with Crippen molar-refractivity contribution in [2.75, 3.05) is 18.5 Å². The van der Waals surface area contributed by atoms with Gasteiger partial charge in [-0.05, 0) is 30.5 Å². The summed E-state index contributed by atoms with van der Waals surface area (Å²) in [6.45, 7) is 3.31. The average Bonchev–Trinajstić information content (AvgIpc) is 2.78. The van der Waals surface area contributed by atoms with Crippen molar-refractivity contribution in [2.24, 2.45) is 0 Å². The molecule has 0 fully saturated rings. The molecular weight excluding hydrogens is 378 g/mol. The average molecular weight is 401 g/mol. The minimum Gasteiger partial charge on any atom is -0.493 e. The highest BCUT2D eigenvalue weighted by Crippen LogP contribution is 2.27. The van der Waals surface area contributed by atoms with Crippen LogP contribution in [0.5, 0.6) is 5.75 Å². The molecule has 30 heavy (non-hydrogen) atoms. The van der Waals surface area contributed by atoms with Gasteiger partial charge in [0.2, 0.25) is 5.95 Å². The first kappa shape index (κ1) is 19.6. The zero-order valence-corrected chi connectivity index (χ0v) is 16.8. The van der Waals surface area contributed by atoms with E-state index >= 15 is 0 Å². The van der Waals surface area contributed by atoms with Gasteiger partial charge < -0.3 is 15.0 Å². The zero-order chi connectivity index (χ0) is 20.8. The van der Waals surface area contributed by atoms with Gasteiger partial charge in [-0.15, -0.1) is 0 Å². The molecule has 2 heterocycles. The van der Waals surface area contributed by atoms with E-state index in [-0.39, 0.29) is 5.56 Å². The van der Waals surface area contributed by atoms with Crippen LogP contribution in [0.3, 0.4) is 0 Å². The minimum atomic E-state index is -0.281. The van der Waals surface area contributed by atoms with E-state index in [9.17, 15) is 4.79 Å². The molecule has 0 unspecified atom stereocenters. The Balaban J connectivity index is 1.60. The first-order valence-electron chi connectivity index (χ1n) is 10.0. The molecule has 4 rings (SSSR count). The SMILES string of the molecule is CCCOc1ccccc1-c1nc2nc(NCCc3ccccc3)ncc2c(=O)[nH]1. The Labute approximate surface area is 174 Å². The maximum Gasteiger partial charge on any atom is 0.262 e. The number of fused-ring (bicyclic) bond motifs is 1. The molecule has 7 nitrogen and oxygen atoms in total. The molecule has 0 saturated carbocycles. The fourth-order valence-corrected chi connectivity index (χ4v) is 3.10. The molecular formula is C23H23N5O2. The lowest BCUT2D eigenvalue weighted by Gasteiger charge is -2.10. The molecule has 152 valence electrons. The van der Waals surface area contributed by atoms with Crippen molar-refractivity contribution in [1.82, 2.24) is 19.9 Å². The van der Waals surface area contributed by atoms with Crippen LogP contribution in [-0.2, 0) is 6.42 Å². The summed E-state index contributed by atoms with van der Waals surface area (Å²) in [5, 5.41) is 3.55. The molecule has 0 aliphatic heterocycles. The highest BCUT2D eigenvalue weighted by atomic mass is 16.5. The maximum absolute atomic E-state index is 12.6. The normalized spacial score (nSPS) is 10.8. The molecule has 0 bridgehead atoms. The van der Waals surface area contributed by atoms with E-state index in [0.29, 0.717) is 41.7 Å². The van der Waals surface area contributed by atoms with Gasteiger partial charge in [-0.1, -0.05) is 49.4 Å². The highest BCUT2D eigenvalue weighted by Gasteiger charge is 2.12. The molecule has 4 aromatic rings. The summed E-state index contributed by atoms with van der Waals surface area (Å²) in [5.41, 5.74) is 2.01. The quantitative estimate of drug-likeness (QED) is 0.466. The number of benzene rings is 2. The number of hydrogen-bond acceptors (Lipinski definition) is 6. The molecule has 0 aliphatic rings. The number of nitrogens with one attached hydrogen (secondary N) is 2. The Hall–Kier alpha value is -3.74. The van der Waals surface area contributed by atoms with Gasteiger partial charge >= 0.3 is 0 Å². The van der Waals surface area contributed by atoms with E-state index in [0.717, 1.165) is 18.4 Å². The molecule has 2 aromatic heterocycles. The van der Waals surface area contributed by atoms with E-state index in [1.807, 2.05) is 49.4 Å². The van der Waals surface area contributed by atoms with Crippen LogP contribution in [-0.4, -0.2) is 33.1 Å². The zero-order valence-electron chi connectivity index (χ0n) is 16.8. The van der Waals surface area contributed by atoms with Gasteiger partial charge in [0.15, 0.2) is 5.65 Å². The van der Waals surface area contributed by atoms with Gasteiger partial charge in [-0.25, -0.2) is 9.97 Å². The molecule has 0 spiro atoms. The molecule has 2 aromatic carbocycles. The largest absolute Gasteiger partial charge is 0.493 e. The summed E-state index contributed by atoms with van der Waals surface area (Å²) in [6.07, 6.45) is 3.24. The monoisotopic (exact) mass is 401 g/mol. The predicted octanol–water partition coefficient (Wildman–Crippen LogP) is 3.82. The van der Waals surface area contributed by atoms with E-state index in [4.69, 9.17) is 4.74 Å². The molecule has 0 atom stereocenters. The van der Waals surface area contributed by atoms with Crippen molar-refractivity contribution in [2.45, 2.75) is 19.8 Å². The number of rotatable bonds is 8. The lowest BCUT2D eigenvalue weighted by molar-refractivity contribution is 0.318. The minimum absolute atomic E-state index is 0.281. The van der Waals surface area contributed by atoms with Crippen molar-refractivity contribution in [3.63, 3.8) is 0 Å². The van der Waals surface area contributed by atoms with Crippen molar-refractivity contribution < 1.29 is 4.74 Å². The molecule has 0 amide bonds. The predicted molar refractivity (Wildman–Crippen MR) is 118 cm³/mol. The Morgan fingerprint density at radius 1 is 1.03 bits per heavy atom. The van der Waals surface area contributed by atoms with Crippen LogP contribution in [0, 0.1) is 0 Å². The lowest BCUT2D eigenvalue weighted by Crippen LogP contribution is -2.13. The fraction of sp³-hybridized carbons (Fsp3) is 0.217. The number of nitrogens with zero attached hydrogens (tertiary/aromatic N) is 3. The van der Waals surface area contributed by atoms with Gasteiger partial charge in [0.1, 0.15) is 17.0 Å². The topological polar surface area (TPSA) is 92.8 Å². The summed E-state index contributed by atoms with van der Waals surface area (Å²) < 4.78 is 5.80. The van der Waals surface area contributed by atoms with Crippen LogP contribution in [0.1, 0.15) is 18.9 Å². The Morgan fingerprint density at radius 3 is 2.67 bits per heavy atom. The second-order valence-electron chi connectivity index (χ2n) is 6.85. The smallest absolute Gasteiger partial charge is 0.262 e. The third-order valence-corrected chi connectivity index (χ3v) is 4.61. The van der Waals surface area contributed by atoms with Gasteiger partial charge in [0, 0.05) is 12.7 Å². The van der Waals surface area contributed by atoms with Crippen molar-refractivity contribution in [3.05, 3.63) is 76.7 Å². The molecule has 0 saturated heterocycles. The first-order chi connectivity index (χ1) is 14.7. The van der Waals surface area contributed by atoms with Crippen LogP contribution in [0.25, 0.3) is 22.4 Å². The molecule has 0 aliphatic carbocycles. The van der Waals surface area contributed by atoms with Gasteiger partial charge in [-0.2, -0.15) is 4.98 Å². The fourth-order valence-electron chi connectivity index (χ4n) is 3.10. The van der Waals surface area contributed by atoms with Gasteiger partial charge in [0.05, 0.1) is 12.2 Å². The Morgan fingerprint density at radius 2 is 1.83 bits per heavy atom. The van der Waals surface area contributed by atoms with Crippen molar-refractivity contribution >= 4 is 17.0 Å². The number of aromatic nitrogens is 4. The summed E-state index contributed by atoms with van der Waals surface area (Å²) in [4.78, 5) is 28.7. The summed E-state index contributed by atoms with van der Waals surface area (Å²) in [7, 11) is 0. The maximum atomic E-state index is 12.6. The van der Waals surface area contributed by atoms with E-state index < -0.39 is 0 Å². The van der Waals surface area contributed by atoms with E-state index in [2.05, 4.69) is 37.4 Å². The van der Waals surface area contributed by atoms with Crippen molar-refractivity contribution in [1.29, 1.82) is 0 Å². The number of aromatic amines is 1. The number of hydrogen-bond donors (Lipinski definition) is 2. The molecule has 2 N–H and O–H groups in total. The summed E-state index contributed by atoms with van der Waals surface area (Å²) >= 11 is 0. The third kappa shape index (κ3) is 4.46. The Bertz CT molecular complexity index is 1190. The van der Waals surface area contributed by atoms with Crippen LogP contribution in [0.15, 0.2) is 65.6 Å². The lowest BCUT2D eigenvalue weighted by atomic mass is 10.1. The molecule has 0 radical (unpaired) electrons. The third-order valence-electron chi connectivity index (χ3n) is 4.61. The van der Waals surface area contributed by atoms with E-state index in [1.54, 1.807) is 0 Å². The standard InChI is InChI=1S/C23H23N5O2/c1-2-14-30-19-11-7-6-10-17(19)20-26-21-18(22(29)27-20)15-25-23(28-21)24-13-12-16-8-4-3-5-9-16/h3-11,15H,2,12-14H2,1H3,(H2,24,25,26,27,28,29). The second kappa shape index (κ2) is 9.17. The first-order valence-corrected chi connectivity index (χ1v) is 10.0. The van der Waals surface area contributed by atoms with Crippen molar-refractivity contribution in [3.8, 4) is 17.1 Å². The van der Waals surface area contributed by atoms with Gasteiger partial charge in [-0.3, -0.25) is 4.79 Å². The summed E-state index contributed by atoms with van der Waals surface area (Å²) in [5.74, 6) is 1.54. The summed E-state index contributed by atoms with van der Waals surface area (Å²) in [6, 6.07) is 17.7. The van der Waals surface area contributed by atoms with Crippen LogP contribution >= 0.6 is 0 Å². The highest BCUT2D eigenvalue weighted by molar-refractivity contribution is 5.77.